The number of hydrogen-bond donors (Lipinski definition) is 3. The van der Waals surface area contributed by atoms with E-state index in [9.17, 15) is 22.8 Å². The number of benzene rings is 2. The van der Waals surface area contributed by atoms with Crippen LogP contribution in [0.25, 0.3) is 10.9 Å². The molecule has 9 nitrogen and oxygen atoms in total. The summed E-state index contributed by atoms with van der Waals surface area (Å²) in [5, 5.41) is 11.3. The number of H-pyrrole nitrogens is 1. The summed E-state index contributed by atoms with van der Waals surface area (Å²) >= 11 is 0. The largest absolute Gasteiger partial charge is 0.490 e. The molecule has 0 atom stereocenters. The molecule has 1 fully saturated rings. The maximum absolute atomic E-state index is 13.5. The molecule has 0 unspecified atom stereocenters. The number of anilines is 2. The fourth-order valence-electron chi connectivity index (χ4n) is 4.86. The molecule has 2 amide bonds. The number of carboxylic acid groups (broad SMARTS) is 1. The smallest absolute Gasteiger partial charge is 0.475 e. The Labute approximate surface area is 246 Å². The Morgan fingerprint density at radius 2 is 1.70 bits per heavy atom. The topological polar surface area (TPSA) is 119 Å². The molecule has 0 radical (unpaired) electrons. The van der Waals surface area contributed by atoms with E-state index in [4.69, 9.17) is 9.90 Å². The van der Waals surface area contributed by atoms with Crippen LogP contribution in [-0.2, 0) is 9.59 Å². The number of alkyl halides is 3. The highest BCUT2D eigenvalue weighted by Crippen LogP contribution is 2.24. The number of carboxylic acids is 1. The second kappa shape index (κ2) is 13.9. The van der Waals surface area contributed by atoms with Gasteiger partial charge in [0.25, 0.3) is 5.91 Å². The Morgan fingerprint density at radius 1 is 1.05 bits per heavy atom. The number of aromatic nitrogens is 2. The minimum absolute atomic E-state index is 0.0273. The normalized spacial score (nSPS) is 13.6. The number of aromatic amines is 1. The standard InChI is InChI=1S/C29H31N5O2.C2HF3O2/c1-21-18-31-27-17-23(7-8-26(21)27)29(36)34(25-5-3-2-4-6-25)20-28(35)32-19-22-11-15-33(16-12-22)24-9-13-30-14-10-24;3-2(4,5)1(6)7/h2-10,13-14,17-18,22,31H,11-12,15-16,19-20H2,1H3,(H,32,35);(H,6,7). The van der Waals surface area contributed by atoms with Crippen molar-refractivity contribution >= 4 is 40.1 Å². The van der Waals surface area contributed by atoms with Gasteiger partial charge >= 0.3 is 12.1 Å². The van der Waals surface area contributed by atoms with Crippen LogP contribution in [0.5, 0.6) is 0 Å². The van der Waals surface area contributed by atoms with Gasteiger partial charge in [-0.1, -0.05) is 24.3 Å². The number of aliphatic carboxylic acids is 1. The van der Waals surface area contributed by atoms with Gasteiger partial charge in [-0.05, 0) is 67.6 Å². The van der Waals surface area contributed by atoms with Crippen molar-refractivity contribution in [2.75, 3.05) is 36.0 Å². The number of aryl methyl sites for hydroxylation is 1. The van der Waals surface area contributed by atoms with Crippen molar-refractivity contribution < 1.29 is 32.7 Å². The minimum Gasteiger partial charge on any atom is -0.475 e. The maximum Gasteiger partial charge on any atom is 0.490 e. The van der Waals surface area contributed by atoms with Gasteiger partial charge in [0.15, 0.2) is 0 Å². The molecule has 0 aliphatic carbocycles. The van der Waals surface area contributed by atoms with E-state index in [0.29, 0.717) is 23.7 Å². The van der Waals surface area contributed by atoms with E-state index < -0.39 is 12.1 Å². The summed E-state index contributed by atoms with van der Waals surface area (Å²) in [5.41, 5.74) is 4.48. The molecule has 0 saturated carbocycles. The van der Waals surface area contributed by atoms with Crippen LogP contribution < -0.4 is 15.1 Å². The second-order valence-corrected chi connectivity index (χ2v) is 10.2. The number of pyridine rings is 1. The van der Waals surface area contributed by atoms with Crippen molar-refractivity contribution in [1.82, 2.24) is 15.3 Å². The highest BCUT2D eigenvalue weighted by molar-refractivity contribution is 6.10. The lowest BCUT2D eigenvalue weighted by molar-refractivity contribution is -0.192. The van der Waals surface area contributed by atoms with Gasteiger partial charge in [-0.25, -0.2) is 4.79 Å². The summed E-state index contributed by atoms with van der Waals surface area (Å²) in [6.07, 6.45) is 2.51. The van der Waals surface area contributed by atoms with Gasteiger partial charge in [-0.15, -0.1) is 0 Å². The molecule has 0 spiro atoms. The summed E-state index contributed by atoms with van der Waals surface area (Å²) in [4.78, 5) is 46.6. The Balaban J connectivity index is 0.000000541. The number of carbonyl (C=O) groups excluding carboxylic acids is 2. The highest BCUT2D eigenvalue weighted by atomic mass is 19.4. The Morgan fingerprint density at radius 3 is 2.33 bits per heavy atom. The van der Waals surface area contributed by atoms with Gasteiger partial charge in [-0.2, -0.15) is 13.2 Å². The molecule has 1 saturated heterocycles. The first kappa shape index (κ1) is 31.1. The van der Waals surface area contributed by atoms with E-state index in [1.807, 2.05) is 86.2 Å². The van der Waals surface area contributed by atoms with E-state index in [1.165, 1.54) is 5.69 Å². The third-order valence-electron chi connectivity index (χ3n) is 7.22. The molecule has 0 bridgehead atoms. The van der Waals surface area contributed by atoms with Gasteiger partial charge in [0.05, 0.1) is 0 Å². The van der Waals surface area contributed by atoms with Gasteiger partial charge in [0, 0.05) is 66.1 Å². The number of piperidine rings is 1. The molecule has 3 N–H and O–H groups in total. The molecule has 12 heteroatoms. The van der Waals surface area contributed by atoms with Crippen LogP contribution in [0.4, 0.5) is 24.5 Å². The molecule has 43 heavy (non-hydrogen) atoms. The van der Waals surface area contributed by atoms with Crippen LogP contribution in [0.3, 0.4) is 0 Å². The molecular weight excluding hydrogens is 563 g/mol. The second-order valence-electron chi connectivity index (χ2n) is 10.2. The first-order valence-corrected chi connectivity index (χ1v) is 13.7. The lowest BCUT2D eigenvalue weighted by Crippen LogP contribution is -2.44. The lowest BCUT2D eigenvalue weighted by atomic mass is 9.96. The number of carbonyl (C=O) groups is 3. The molecule has 3 heterocycles. The molecule has 1 aliphatic rings. The summed E-state index contributed by atoms with van der Waals surface area (Å²) in [6, 6.07) is 19.1. The number of rotatable bonds is 7. The molecule has 2 aromatic heterocycles. The molecule has 2 aromatic carbocycles. The zero-order valence-corrected chi connectivity index (χ0v) is 23.5. The first-order valence-electron chi connectivity index (χ1n) is 13.7. The number of nitrogens with zero attached hydrogens (tertiary/aromatic N) is 3. The number of para-hydroxylation sites is 1. The van der Waals surface area contributed by atoms with Crippen LogP contribution in [-0.4, -0.2) is 65.2 Å². The van der Waals surface area contributed by atoms with E-state index in [1.54, 1.807) is 4.90 Å². The molecule has 4 aromatic rings. The number of fused-ring (bicyclic) bond motifs is 1. The minimum atomic E-state index is -5.08. The monoisotopic (exact) mass is 595 g/mol. The van der Waals surface area contributed by atoms with Crippen molar-refractivity contribution in [3.8, 4) is 0 Å². The van der Waals surface area contributed by atoms with E-state index in [0.717, 1.165) is 42.4 Å². The third kappa shape index (κ3) is 8.34. The molecular formula is C31H32F3N5O4. The fraction of sp³-hybridized carbons (Fsp3) is 0.290. The van der Waals surface area contributed by atoms with Crippen LogP contribution in [0.15, 0.2) is 79.3 Å². The summed E-state index contributed by atoms with van der Waals surface area (Å²) < 4.78 is 31.7. The Kier molecular flexibility index (Phi) is 10.0. The first-order chi connectivity index (χ1) is 20.5. The average molecular weight is 596 g/mol. The lowest BCUT2D eigenvalue weighted by Gasteiger charge is -2.33. The zero-order valence-electron chi connectivity index (χ0n) is 23.5. The van der Waals surface area contributed by atoms with Crippen molar-refractivity contribution in [2.45, 2.75) is 25.9 Å². The number of amides is 2. The van der Waals surface area contributed by atoms with Crippen molar-refractivity contribution in [1.29, 1.82) is 0 Å². The summed E-state index contributed by atoms with van der Waals surface area (Å²) in [7, 11) is 0. The van der Waals surface area contributed by atoms with Crippen molar-refractivity contribution in [2.24, 2.45) is 5.92 Å². The average Bonchev–Trinajstić information content (AvgIpc) is 3.39. The van der Waals surface area contributed by atoms with Crippen LogP contribution in [0.2, 0.25) is 0 Å². The molecule has 5 rings (SSSR count). The Bertz CT molecular complexity index is 1540. The van der Waals surface area contributed by atoms with Crippen LogP contribution in [0, 0.1) is 12.8 Å². The predicted molar refractivity (Wildman–Crippen MR) is 157 cm³/mol. The van der Waals surface area contributed by atoms with Crippen LogP contribution in [0.1, 0.15) is 28.8 Å². The Hall–Kier alpha value is -4.87. The van der Waals surface area contributed by atoms with Crippen molar-refractivity contribution in [3.63, 3.8) is 0 Å². The van der Waals surface area contributed by atoms with Crippen molar-refractivity contribution in [3.05, 3.63) is 90.4 Å². The van der Waals surface area contributed by atoms with Gasteiger partial charge in [0.1, 0.15) is 6.54 Å². The van der Waals surface area contributed by atoms with E-state index in [-0.39, 0.29) is 18.4 Å². The SMILES string of the molecule is Cc1c[nH]c2cc(C(=O)N(CC(=O)NCC3CCN(c4ccncc4)CC3)c3ccccc3)ccc12.O=C(O)C(F)(F)F. The zero-order chi connectivity index (χ0) is 31.0. The number of hydrogen-bond acceptors (Lipinski definition) is 5. The number of halogens is 3. The fourth-order valence-corrected chi connectivity index (χ4v) is 4.86. The summed E-state index contributed by atoms with van der Waals surface area (Å²) in [5.74, 6) is -2.68. The summed E-state index contributed by atoms with van der Waals surface area (Å²) in [6.45, 7) is 4.54. The molecule has 1 aliphatic heterocycles. The highest BCUT2D eigenvalue weighted by Gasteiger charge is 2.38. The molecule has 226 valence electrons. The van der Waals surface area contributed by atoms with Gasteiger partial charge < -0.3 is 20.3 Å². The van der Waals surface area contributed by atoms with Crippen LogP contribution >= 0.6 is 0 Å². The number of nitrogens with one attached hydrogen (secondary N) is 2. The van der Waals surface area contributed by atoms with Gasteiger partial charge in [-0.3, -0.25) is 19.5 Å². The van der Waals surface area contributed by atoms with E-state index in [2.05, 4.69) is 20.2 Å². The predicted octanol–water partition coefficient (Wildman–Crippen LogP) is 5.18. The van der Waals surface area contributed by atoms with Gasteiger partial charge in [0.2, 0.25) is 5.91 Å². The maximum atomic E-state index is 13.5. The quantitative estimate of drug-likeness (QED) is 0.271. The third-order valence-corrected chi connectivity index (χ3v) is 7.22. The van der Waals surface area contributed by atoms with E-state index >= 15 is 0 Å².